The standard InChI is InChI=1S/C19H18FNO2/c20-15-9-8-13-7-4-10-19(16(13)11-15)18(22)23-12-17(21-19)14-5-2-1-3-6-14/h1-3,5-6,8-9,11,17,21H,4,7,10,12H2/t17-,19-/m0/s1. The van der Waals surface area contributed by atoms with Crippen LogP contribution < -0.4 is 5.32 Å². The zero-order valence-electron chi connectivity index (χ0n) is 12.7. The van der Waals surface area contributed by atoms with Crippen molar-refractivity contribution in [1.82, 2.24) is 5.32 Å². The predicted octanol–water partition coefficient (Wildman–Crippen LogP) is 3.25. The lowest BCUT2D eigenvalue weighted by molar-refractivity contribution is -0.161. The molecule has 0 bridgehead atoms. The first-order valence-electron chi connectivity index (χ1n) is 7.98. The van der Waals surface area contributed by atoms with Crippen LogP contribution in [0.2, 0.25) is 0 Å². The van der Waals surface area contributed by atoms with Crippen LogP contribution in [0.25, 0.3) is 0 Å². The van der Waals surface area contributed by atoms with Gasteiger partial charge in [-0.3, -0.25) is 5.32 Å². The molecule has 1 aliphatic carbocycles. The smallest absolute Gasteiger partial charge is 0.331 e. The Kier molecular flexibility index (Phi) is 3.42. The van der Waals surface area contributed by atoms with E-state index in [1.165, 1.54) is 12.1 Å². The first-order valence-corrected chi connectivity index (χ1v) is 7.98. The number of esters is 1. The van der Waals surface area contributed by atoms with Crippen molar-refractivity contribution in [2.24, 2.45) is 0 Å². The molecule has 1 saturated heterocycles. The lowest BCUT2D eigenvalue weighted by Crippen LogP contribution is -2.57. The van der Waals surface area contributed by atoms with Crippen LogP contribution in [-0.4, -0.2) is 12.6 Å². The number of aryl methyl sites for hydroxylation is 1. The van der Waals surface area contributed by atoms with Gasteiger partial charge in [-0.25, -0.2) is 9.18 Å². The van der Waals surface area contributed by atoms with Crippen molar-refractivity contribution in [3.8, 4) is 0 Å². The van der Waals surface area contributed by atoms with Gasteiger partial charge in [0.05, 0.1) is 6.04 Å². The van der Waals surface area contributed by atoms with Crippen LogP contribution in [-0.2, 0) is 21.5 Å². The molecule has 1 spiro atoms. The number of cyclic esters (lactones) is 1. The van der Waals surface area contributed by atoms with Gasteiger partial charge in [0.15, 0.2) is 0 Å². The van der Waals surface area contributed by atoms with E-state index < -0.39 is 5.54 Å². The van der Waals surface area contributed by atoms with E-state index in [2.05, 4.69) is 5.32 Å². The van der Waals surface area contributed by atoms with E-state index in [-0.39, 0.29) is 17.8 Å². The Balaban J connectivity index is 1.78. The molecule has 2 atom stereocenters. The third-order valence-corrected chi connectivity index (χ3v) is 4.88. The average molecular weight is 311 g/mol. The predicted molar refractivity (Wildman–Crippen MR) is 84.3 cm³/mol. The molecule has 0 saturated carbocycles. The number of hydrogen-bond donors (Lipinski definition) is 1. The fraction of sp³-hybridized carbons (Fsp3) is 0.316. The van der Waals surface area contributed by atoms with Gasteiger partial charge in [0.1, 0.15) is 18.0 Å². The Hall–Kier alpha value is -2.20. The summed E-state index contributed by atoms with van der Waals surface area (Å²) >= 11 is 0. The summed E-state index contributed by atoms with van der Waals surface area (Å²) in [4.78, 5) is 12.6. The molecule has 23 heavy (non-hydrogen) atoms. The third kappa shape index (κ3) is 2.34. The fourth-order valence-corrected chi connectivity index (χ4v) is 3.75. The molecule has 1 N–H and O–H groups in total. The van der Waals surface area contributed by atoms with Crippen molar-refractivity contribution in [1.29, 1.82) is 0 Å². The molecule has 0 amide bonds. The van der Waals surface area contributed by atoms with E-state index in [1.54, 1.807) is 6.07 Å². The van der Waals surface area contributed by atoms with E-state index in [0.717, 1.165) is 29.5 Å². The largest absolute Gasteiger partial charge is 0.462 e. The maximum atomic E-state index is 13.8. The fourth-order valence-electron chi connectivity index (χ4n) is 3.75. The Morgan fingerprint density at radius 2 is 2.00 bits per heavy atom. The summed E-state index contributed by atoms with van der Waals surface area (Å²) in [7, 11) is 0. The number of nitrogens with one attached hydrogen (secondary N) is 1. The maximum absolute atomic E-state index is 13.8. The van der Waals surface area contributed by atoms with Gasteiger partial charge in [-0.2, -0.15) is 0 Å². The van der Waals surface area contributed by atoms with Gasteiger partial charge in [-0.15, -0.1) is 0 Å². The highest BCUT2D eigenvalue weighted by molar-refractivity contribution is 5.84. The molecular formula is C19H18FNO2. The van der Waals surface area contributed by atoms with E-state index >= 15 is 0 Å². The molecule has 1 aliphatic heterocycles. The van der Waals surface area contributed by atoms with E-state index in [1.807, 2.05) is 30.3 Å². The first-order chi connectivity index (χ1) is 11.2. The summed E-state index contributed by atoms with van der Waals surface area (Å²) in [6, 6.07) is 14.6. The molecular weight excluding hydrogens is 293 g/mol. The summed E-state index contributed by atoms with van der Waals surface area (Å²) in [5.74, 6) is -0.613. The van der Waals surface area contributed by atoms with Crippen LogP contribution >= 0.6 is 0 Å². The summed E-state index contributed by atoms with van der Waals surface area (Å²) in [5, 5.41) is 3.48. The molecule has 2 aromatic carbocycles. The third-order valence-electron chi connectivity index (χ3n) is 4.88. The molecule has 4 heteroatoms. The van der Waals surface area contributed by atoms with Crippen molar-refractivity contribution in [3.05, 3.63) is 71.0 Å². The minimum atomic E-state index is -0.936. The summed E-state index contributed by atoms with van der Waals surface area (Å²) in [6.45, 7) is 0.301. The van der Waals surface area contributed by atoms with Crippen LogP contribution in [0.4, 0.5) is 4.39 Å². The highest BCUT2D eigenvalue weighted by Crippen LogP contribution is 2.41. The number of carbonyl (C=O) groups is 1. The number of benzene rings is 2. The Morgan fingerprint density at radius 3 is 2.83 bits per heavy atom. The van der Waals surface area contributed by atoms with Gasteiger partial charge in [0, 0.05) is 0 Å². The second-order valence-electron chi connectivity index (χ2n) is 6.27. The number of hydrogen-bond acceptors (Lipinski definition) is 3. The van der Waals surface area contributed by atoms with Crippen LogP contribution in [0.1, 0.15) is 35.6 Å². The molecule has 1 heterocycles. The Labute approximate surface area is 134 Å². The molecule has 2 aromatic rings. The van der Waals surface area contributed by atoms with Gasteiger partial charge in [-0.1, -0.05) is 36.4 Å². The molecule has 0 unspecified atom stereocenters. The van der Waals surface area contributed by atoms with Crippen LogP contribution in [0.3, 0.4) is 0 Å². The second kappa shape index (κ2) is 5.46. The molecule has 2 aliphatic rings. The summed E-state index contributed by atoms with van der Waals surface area (Å²) < 4.78 is 19.3. The minimum absolute atomic E-state index is 0.0804. The number of rotatable bonds is 1. The summed E-state index contributed by atoms with van der Waals surface area (Å²) in [5.41, 5.74) is 1.89. The Bertz CT molecular complexity index is 746. The highest BCUT2D eigenvalue weighted by atomic mass is 19.1. The Morgan fingerprint density at radius 1 is 1.17 bits per heavy atom. The zero-order valence-corrected chi connectivity index (χ0v) is 12.7. The van der Waals surface area contributed by atoms with Crippen molar-refractivity contribution < 1.29 is 13.9 Å². The quantitative estimate of drug-likeness (QED) is 0.822. The maximum Gasteiger partial charge on any atom is 0.331 e. The van der Waals surface area contributed by atoms with Gasteiger partial charge in [-0.05, 0) is 48.1 Å². The van der Waals surface area contributed by atoms with Crippen LogP contribution in [0.15, 0.2) is 48.5 Å². The summed E-state index contributed by atoms with van der Waals surface area (Å²) in [6.07, 6.45) is 2.37. The average Bonchev–Trinajstić information content (AvgIpc) is 2.59. The number of morpholine rings is 1. The first kappa shape index (κ1) is 14.4. The number of halogens is 1. The van der Waals surface area contributed by atoms with Crippen molar-refractivity contribution >= 4 is 5.97 Å². The molecule has 4 rings (SSSR count). The highest BCUT2D eigenvalue weighted by Gasteiger charge is 2.49. The monoisotopic (exact) mass is 311 g/mol. The van der Waals surface area contributed by atoms with Crippen molar-refractivity contribution in [2.75, 3.05) is 6.61 Å². The van der Waals surface area contributed by atoms with Crippen LogP contribution in [0, 0.1) is 5.82 Å². The number of carbonyl (C=O) groups excluding carboxylic acids is 1. The molecule has 1 fully saturated rings. The van der Waals surface area contributed by atoms with Crippen LogP contribution in [0.5, 0.6) is 0 Å². The normalized spacial score (nSPS) is 26.7. The van der Waals surface area contributed by atoms with E-state index in [4.69, 9.17) is 4.74 Å². The molecule has 0 aromatic heterocycles. The van der Waals surface area contributed by atoms with Gasteiger partial charge in [0.25, 0.3) is 0 Å². The second-order valence-corrected chi connectivity index (χ2v) is 6.27. The molecule has 0 radical (unpaired) electrons. The lowest BCUT2D eigenvalue weighted by Gasteiger charge is -2.43. The van der Waals surface area contributed by atoms with E-state index in [0.29, 0.717) is 13.0 Å². The molecule has 118 valence electrons. The number of fused-ring (bicyclic) bond motifs is 2. The number of ether oxygens (including phenoxy) is 1. The minimum Gasteiger partial charge on any atom is -0.462 e. The van der Waals surface area contributed by atoms with Gasteiger partial charge < -0.3 is 4.74 Å². The van der Waals surface area contributed by atoms with Gasteiger partial charge >= 0.3 is 5.97 Å². The topological polar surface area (TPSA) is 38.3 Å². The van der Waals surface area contributed by atoms with Crippen molar-refractivity contribution in [3.63, 3.8) is 0 Å². The lowest BCUT2D eigenvalue weighted by atomic mass is 9.75. The SMILES string of the molecule is O=C1OC[C@@H](c2ccccc2)N[C@]12CCCc1ccc(F)cc12. The zero-order chi connectivity index (χ0) is 15.9. The van der Waals surface area contributed by atoms with E-state index in [9.17, 15) is 9.18 Å². The van der Waals surface area contributed by atoms with Gasteiger partial charge in [0.2, 0.25) is 0 Å². The molecule has 3 nitrogen and oxygen atoms in total. The van der Waals surface area contributed by atoms with Crippen molar-refractivity contribution in [2.45, 2.75) is 30.8 Å².